The first-order valence-electron chi connectivity index (χ1n) is 8.70. The van der Waals surface area contributed by atoms with Crippen molar-refractivity contribution < 1.29 is 33.4 Å². The first-order chi connectivity index (χ1) is 14.2. The van der Waals surface area contributed by atoms with E-state index >= 15 is 0 Å². The monoisotopic (exact) mass is 418 g/mol. The van der Waals surface area contributed by atoms with Crippen LogP contribution in [-0.4, -0.2) is 47.3 Å². The SMILES string of the molecule is COc1ccc(C#Cc2ccc(C(=O)N[C@H](C(=O)NO)C(C)(O)C(F)F)cc2)cc1. The zero-order chi connectivity index (χ0) is 22.3. The van der Waals surface area contributed by atoms with Crippen LogP contribution in [0.1, 0.15) is 28.4 Å². The molecule has 30 heavy (non-hydrogen) atoms. The lowest BCUT2D eigenvalue weighted by Crippen LogP contribution is -2.61. The Hall–Kier alpha value is -3.48. The van der Waals surface area contributed by atoms with Crippen molar-refractivity contribution in [3.05, 3.63) is 65.2 Å². The van der Waals surface area contributed by atoms with E-state index in [1.165, 1.54) is 24.3 Å². The predicted octanol–water partition coefficient (Wildman–Crippen LogP) is 1.71. The second-order valence-electron chi connectivity index (χ2n) is 6.46. The molecule has 0 bridgehead atoms. The van der Waals surface area contributed by atoms with Crippen LogP contribution in [0.4, 0.5) is 8.78 Å². The minimum absolute atomic E-state index is 0.0470. The van der Waals surface area contributed by atoms with Gasteiger partial charge in [-0.3, -0.25) is 14.8 Å². The van der Waals surface area contributed by atoms with Crippen molar-refractivity contribution >= 4 is 11.8 Å². The molecular weight excluding hydrogens is 398 g/mol. The highest BCUT2D eigenvalue weighted by molar-refractivity contribution is 5.97. The summed E-state index contributed by atoms with van der Waals surface area (Å²) in [5.74, 6) is 4.29. The number of benzene rings is 2. The number of hydroxylamine groups is 1. The summed E-state index contributed by atoms with van der Waals surface area (Å²) < 4.78 is 31.2. The molecule has 0 aromatic heterocycles. The lowest BCUT2D eigenvalue weighted by Gasteiger charge is -2.30. The number of methoxy groups -OCH3 is 1. The van der Waals surface area contributed by atoms with Crippen molar-refractivity contribution in [3.63, 3.8) is 0 Å². The van der Waals surface area contributed by atoms with Crippen LogP contribution in [0.25, 0.3) is 0 Å². The Labute approximate surface area is 171 Å². The molecule has 0 spiro atoms. The van der Waals surface area contributed by atoms with Crippen LogP contribution in [0.3, 0.4) is 0 Å². The maximum absolute atomic E-state index is 13.0. The van der Waals surface area contributed by atoms with E-state index in [9.17, 15) is 23.5 Å². The third kappa shape index (κ3) is 5.53. The van der Waals surface area contributed by atoms with Gasteiger partial charge in [-0.15, -0.1) is 0 Å². The van der Waals surface area contributed by atoms with Crippen LogP contribution in [0, 0.1) is 11.8 Å². The maximum Gasteiger partial charge on any atom is 0.269 e. The molecule has 2 aromatic rings. The van der Waals surface area contributed by atoms with Crippen LogP contribution in [0.2, 0.25) is 0 Å². The summed E-state index contributed by atoms with van der Waals surface area (Å²) in [4.78, 5) is 24.0. The zero-order valence-electron chi connectivity index (χ0n) is 16.1. The Kier molecular flexibility index (Phi) is 7.47. The van der Waals surface area contributed by atoms with Gasteiger partial charge in [0.05, 0.1) is 7.11 Å². The zero-order valence-corrected chi connectivity index (χ0v) is 16.1. The Balaban J connectivity index is 2.14. The first-order valence-corrected chi connectivity index (χ1v) is 8.70. The fourth-order valence-corrected chi connectivity index (χ4v) is 2.41. The number of nitrogens with one attached hydrogen (secondary N) is 2. The van der Waals surface area contributed by atoms with Gasteiger partial charge in [-0.1, -0.05) is 11.8 Å². The average molecular weight is 418 g/mol. The van der Waals surface area contributed by atoms with Gasteiger partial charge in [-0.25, -0.2) is 14.3 Å². The van der Waals surface area contributed by atoms with Gasteiger partial charge in [0.2, 0.25) is 0 Å². The van der Waals surface area contributed by atoms with E-state index in [0.717, 1.165) is 11.0 Å². The van der Waals surface area contributed by atoms with Crippen molar-refractivity contribution in [2.45, 2.75) is 25.0 Å². The van der Waals surface area contributed by atoms with Crippen molar-refractivity contribution in [3.8, 4) is 17.6 Å². The lowest BCUT2D eigenvalue weighted by atomic mass is 9.95. The number of amides is 2. The van der Waals surface area contributed by atoms with Crippen molar-refractivity contribution in [1.29, 1.82) is 0 Å². The summed E-state index contributed by atoms with van der Waals surface area (Å²) in [6.45, 7) is 0.676. The van der Waals surface area contributed by atoms with Gasteiger partial charge in [0, 0.05) is 16.7 Å². The molecule has 0 heterocycles. The second kappa shape index (κ2) is 9.82. The quantitative estimate of drug-likeness (QED) is 0.325. The number of aliphatic hydroxyl groups is 1. The molecule has 7 nitrogen and oxygen atoms in total. The van der Waals surface area contributed by atoms with E-state index in [4.69, 9.17) is 9.94 Å². The minimum atomic E-state index is -3.35. The molecule has 2 rings (SSSR count). The molecule has 4 N–H and O–H groups in total. The fraction of sp³-hybridized carbons (Fsp3) is 0.238. The highest BCUT2D eigenvalue weighted by atomic mass is 19.3. The summed E-state index contributed by atoms with van der Waals surface area (Å²) in [6, 6.07) is 10.9. The van der Waals surface area contributed by atoms with E-state index in [2.05, 4.69) is 11.8 Å². The normalized spacial score (nSPS) is 13.4. The van der Waals surface area contributed by atoms with Crippen LogP contribution < -0.4 is 15.5 Å². The van der Waals surface area contributed by atoms with Gasteiger partial charge in [0.15, 0.2) is 5.60 Å². The Morgan fingerprint density at radius 1 is 1.03 bits per heavy atom. The van der Waals surface area contributed by atoms with Crippen LogP contribution >= 0.6 is 0 Å². The minimum Gasteiger partial charge on any atom is -0.497 e. The molecule has 2 atom stereocenters. The molecule has 2 amide bonds. The Bertz CT molecular complexity index is 948. The van der Waals surface area contributed by atoms with Gasteiger partial charge in [-0.2, -0.15) is 0 Å². The number of carbonyl (C=O) groups is 2. The van der Waals surface area contributed by atoms with Gasteiger partial charge in [0.1, 0.15) is 11.8 Å². The Morgan fingerprint density at radius 3 is 1.97 bits per heavy atom. The van der Waals surface area contributed by atoms with Gasteiger partial charge >= 0.3 is 0 Å². The standard InChI is InChI=1S/C21H20F2N2O5/c1-21(28,20(22)23)17(19(27)25-29)24-18(26)15-9-5-13(6-10-15)3-4-14-7-11-16(30-2)12-8-14/h5-12,17,20,28-29H,1-2H3,(H,24,26)(H,25,27)/t17-,21?/m1/s1. The number of carbonyl (C=O) groups excluding carboxylic acids is 2. The maximum atomic E-state index is 13.0. The van der Waals surface area contributed by atoms with E-state index in [1.54, 1.807) is 31.4 Å². The van der Waals surface area contributed by atoms with Crippen molar-refractivity contribution in [2.24, 2.45) is 0 Å². The van der Waals surface area contributed by atoms with Crippen LogP contribution in [0.15, 0.2) is 48.5 Å². The fourth-order valence-electron chi connectivity index (χ4n) is 2.41. The number of rotatable bonds is 6. The smallest absolute Gasteiger partial charge is 0.269 e. The highest BCUT2D eigenvalue weighted by Crippen LogP contribution is 2.20. The van der Waals surface area contributed by atoms with Crippen LogP contribution in [0.5, 0.6) is 5.75 Å². The summed E-state index contributed by atoms with van der Waals surface area (Å²) in [5.41, 5.74) is -0.347. The highest BCUT2D eigenvalue weighted by Gasteiger charge is 2.46. The predicted molar refractivity (Wildman–Crippen MR) is 103 cm³/mol. The molecular formula is C21H20F2N2O5. The van der Waals surface area contributed by atoms with Gasteiger partial charge < -0.3 is 15.2 Å². The summed E-state index contributed by atoms with van der Waals surface area (Å²) in [7, 11) is 1.56. The molecule has 158 valence electrons. The van der Waals surface area contributed by atoms with E-state index in [0.29, 0.717) is 18.2 Å². The summed E-state index contributed by atoms with van der Waals surface area (Å²) >= 11 is 0. The molecule has 1 unspecified atom stereocenters. The summed E-state index contributed by atoms with van der Waals surface area (Å²) in [5, 5.41) is 20.6. The molecule has 0 aliphatic carbocycles. The van der Waals surface area contributed by atoms with Crippen LogP contribution in [-0.2, 0) is 4.79 Å². The molecule has 0 radical (unpaired) electrons. The molecule has 0 aliphatic heterocycles. The molecule has 0 saturated heterocycles. The topological polar surface area (TPSA) is 108 Å². The molecule has 0 fully saturated rings. The third-order valence-corrected chi connectivity index (χ3v) is 4.26. The second-order valence-corrected chi connectivity index (χ2v) is 6.46. The van der Waals surface area contributed by atoms with Gasteiger partial charge in [0.25, 0.3) is 18.2 Å². The number of hydrogen-bond acceptors (Lipinski definition) is 5. The van der Waals surface area contributed by atoms with Crippen molar-refractivity contribution in [2.75, 3.05) is 7.11 Å². The molecule has 9 heteroatoms. The third-order valence-electron chi connectivity index (χ3n) is 4.26. The lowest BCUT2D eigenvalue weighted by molar-refractivity contribution is -0.149. The number of ether oxygens (including phenoxy) is 1. The Morgan fingerprint density at radius 2 is 1.53 bits per heavy atom. The summed E-state index contributed by atoms with van der Waals surface area (Å²) in [6.07, 6.45) is -3.35. The van der Waals surface area contributed by atoms with E-state index in [-0.39, 0.29) is 5.56 Å². The van der Waals surface area contributed by atoms with E-state index < -0.39 is 29.9 Å². The average Bonchev–Trinajstić information content (AvgIpc) is 2.75. The molecule has 0 aliphatic rings. The largest absolute Gasteiger partial charge is 0.497 e. The number of alkyl halides is 2. The number of halogens is 2. The number of hydrogen-bond donors (Lipinski definition) is 4. The van der Waals surface area contributed by atoms with Crippen molar-refractivity contribution in [1.82, 2.24) is 10.8 Å². The first kappa shape index (κ1) is 22.8. The van der Waals surface area contributed by atoms with E-state index in [1.807, 2.05) is 5.32 Å². The molecule has 0 saturated carbocycles. The van der Waals surface area contributed by atoms with Gasteiger partial charge in [-0.05, 0) is 55.5 Å². The molecule has 2 aromatic carbocycles.